The number of aromatic nitrogens is 3. The quantitative estimate of drug-likeness (QED) is 0.667. The Morgan fingerprint density at radius 2 is 2.12 bits per heavy atom. The van der Waals surface area contributed by atoms with Gasteiger partial charge in [0, 0.05) is 22.9 Å². The molecule has 0 atom stereocenters. The number of piperidine rings is 1. The summed E-state index contributed by atoms with van der Waals surface area (Å²) in [5, 5.41) is 4.52. The molecule has 3 aromatic rings. The average molecular weight is 400 g/mol. The van der Waals surface area contributed by atoms with E-state index in [0.29, 0.717) is 0 Å². The topological polar surface area (TPSA) is 56.8 Å². The molecule has 1 aromatic carbocycles. The number of anilines is 2. The van der Waals surface area contributed by atoms with E-state index in [0.717, 1.165) is 52.6 Å². The molecule has 0 unspecified atom stereocenters. The molecule has 2 aromatic heterocycles. The molecule has 130 valence electrons. The van der Waals surface area contributed by atoms with Crippen LogP contribution in [0.4, 0.5) is 11.5 Å². The monoisotopic (exact) mass is 399 g/mol. The van der Waals surface area contributed by atoms with Gasteiger partial charge in [0.15, 0.2) is 0 Å². The fourth-order valence-electron chi connectivity index (χ4n) is 3.41. The van der Waals surface area contributed by atoms with E-state index in [1.807, 2.05) is 24.3 Å². The zero-order valence-electron chi connectivity index (χ0n) is 14.3. The predicted octanol–water partition coefficient (Wildman–Crippen LogP) is 4.70. The van der Waals surface area contributed by atoms with Crippen LogP contribution in [-0.2, 0) is 6.54 Å². The van der Waals surface area contributed by atoms with Gasteiger partial charge in [0.1, 0.15) is 17.8 Å². The molecule has 1 saturated heterocycles. The van der Waals surface area contributed by atoms with Gasteiger partial charge in [-0.1, -0.05) is 28.9 Å². The summed E-state index contributed by atoms with van der Waals surface area (Å²) in [5.74, 6) is 1.70. The largest absolute Gasteiger partial charge is 0.346 e. The van der Waals surface area contributed by atoms with Crippen LogP contribution in [0.25, 0.3) is 11.0 Å². The van der Waals surface area contributed by atoms with Crippen LogP contribution in [0.5, 0.6) is 0 Å². The number of hydrogen-bond acceptors (Lipinski definition) is 4. The molecule has 2 N–H and O–H groups in total. The highest BCUT2D eigenvalue weighted by Crippen LogP contribution is 2.29. The summed E-state index contributed by atoms with van der Waals surface area (Å²) in [6.45, 7) is 5.61. The lowest BCUT2D eigenvalue weighted by molar-refractivity contribution is 0.186. The molecule has 1 aliphatic rings. The highest BCUT2D eigenvalue weighted by molar-refractivity contribution is 9.10. The van der Waals surface area contributed by atoms with Gasteiger partial charge < -0.3 is 10.3 Å². The molecule has 3 heterocycles. The molecule has 0 spiro atoms. The van der Waals surface area contributed by atoms with Crippen LogP contribution in [0.3, 0.4) is 0 Å². The Bertz CT molecular complexity index is 867. The van der Waals surface area contributed by atoms with Crippen LogP contribution in [0.2, 0.25) is 0 Å². The van der Waals surface area contributed by atoms with Crippen molar-refractivity contribution in [1.29, 1.82) is 0 Å². The van der Waals surface area contributed by atoms with E-state index in [1.54, 1.807) is 6.33 Å². The van der Waals surface area contributed by atoms with Crippen LogP contribution in [0.15, 0.2) is 41.3 Å². The molecule has 0 aliphatic carbocycles. The summed E-state index contributed by atoms with van der Waals surface area (Å²) in [4.78, 5) is 14.7. The zero-order valence-corrected chi connectivity index (χ0v) is 15.9. The Kier molecular flexibility index (Phi) is 4.72. The summed E-state index contributed by atoms with van der Waals surface area (Å²) in [6.07, 6.45) is 6.24. The highest BCUT2D eigenvalue weighted by Gasteiger charge is 2.18. The molecule has 0 bridgehead atoms. The standard InChI is InChI=1S/C19H22BrN5/c1-13-5-7-25(8-6-13)11-14-10-21-18-17(14)19(23-12-22-18)24-16-4-2-3-15(20)9-16/h2-4,9-10,12-13H,5-8,11H2,1H3,(H2,21,22,23,24). The van der Waals surface area contributed by atoms with E-state index in [9.17, 15) is 0 Å². The first-order chi connectivity index (χ1) is 12.2. The first-order valence-corrected chi connectivity index (χ1v) is 9.54. The van der Waals surface area contributed by atoms with Crippen LogP contribution >= 0.6 is 15.9 Å². The summed E-state index contributed by atoms with van der Waals surface area (Å²) >= 11 is 3.52. The van der Waals surface area contributed by atoms with Gasteiger partial charge >= 0.3 is 0 Å². The fourth-order valence-corrected chi connectivity index (χ4v) is 3.81. The minimum Gasteiger partial charge on any atom is -0.346 e. The molecule has 1 fully saturated rings. The van der Waals surface area contributed by atoms with E-state index in [-0.39, 0.29) is 0 Å². The number of hydrogen-bond donors (Lipinski definition) is 2. The molecule has 1 aliphatic heterocycles. The van der Waals surface area contributed by atoms with E-state index >= 15 is 0 Å². The Morgan fingerprint density at radius 1 is 1.28 bits per heavy atom. The molecule has 6 heteroatoms. The predicted molar refractivity (Wildman–Crippen MR) is 105 cm³/mol. The van der Waals surface area contributed by atoms with Crippen molar-refractivity contribution >= 4 is 38.5 Å². The lowest BCUT2D eigenvalue weighted by atomic mass is 9.99. The van der Waals surface area contributed by atoms with Gasteiger partial charge in [0.25, 0.3) is 0 Å². The number of fused-ring (bicyclic) bond motifs is 1. The van der Waals surface area contributed by atoms with Crippen molar-refractivity contribution < 1.29 is 0 Å². The summed E-state index contributed by atoms with van der Waals surface area (Å²) in [5.41, 5.74) is 3.14. The van der Waals surface area contributed by atoms with Gasteiger partial charge in [-0.25, -0.2) is 9.97 Å². The van der Waals surface area contributed by atoms with Crippen molar-refractivity contribution in [2.45, 2.75) is 26.3 Å². The summed E-state index contributed by atoms with van der Waals surface area (Å²) in [6, 6.07) is 8.11. The van der Waals surface area contributed by atoms with Gasteiger partial charge in [-0.3, -0.25) is 4.90 Å². The Labute approximate surface area is 156 Å². The molecule has 5 nitrogen and oxygen atoms in total. The minimum absolute atomic E-state index is 0.844. The van der Waals surface area contributed by atoms with Gasteiger partial charge in [0.05, 0.1) is 5.39 Å². The van der Waals surface area contributed by atoms with Crippen LogP contribution < -0.4 is 5.32 Å². The fraction of sp³-hybridized carbons (Fsp3) is 0.368. The van der Waals surface area contributed by atoms with Crippen LogP contribution in [-0.4, -0.2) is 32.9 Å². The van der Waals surface area contributed by atoms with Crippen molar-refractivity contribution in [3.05, 3.63) is 46.8 Å². The van der Waals surface area contributed by atoms with E-state index < -0.39 is 0 Å². The summed E-state index contributed by atoms with van der Waals surface area (Å²) < 4.78 is 1.04. The number of likely N-dealkylation sites (tertiary alicyclic amines) is 1. The SMILES string of the molecule is CC1CCN(Cc2c[nH]c3ncnc(Nc4cccc(Br)c4)c23)CC1. The third kappa shape index (κ3) is 3.70. The number of nitrogens with zero attached hydrogens (tertiary/aromatic N) is 3. The van der Waals surface area contributed by atoms with Crippen LogP contribution in [0, 0.1) is 5.92 Å². The molecule has 0 radical (unpaired) electrons. The molecule has 0 saturated carbocycles. The van der Waals surface area contributed by atoms with Crippen molar-refractivity contribution in [3.63, 3.8) is 0 Å². The third-order valence-electron chi connectivity index (χ3n) is 4.91. The Hall–Kier alpha value is -1.92. The second kappa shape index (κ2) is 7.14. The zero-order chi connectivity index (χ0) is 17.2. The average Bonchev–Trinajstić information content (AvgIpc) is 3.01. The van der Waals surface area contributed by atoms with E-state index in [1.165, 1.54) is 18.4 Å². The molecular formula is C19H22BrN5. The maximum absolute atomic E-state index is 4.49. The number of rotatable bonds is 4. The molecule has 0 amide bonds. The molecule has 4 rings (SSSR count). The Morgan fingerprint density at radius 3 is 2.92 bits per heavy atom. The van der Waals surface area contributed by atoms with Gasteiger partial charge in [-0.2, -0.15) is 0 Å². The van der Waals surface area contributed by atoms with Crippen LogP contribution in [0.1, 0.15) is 25.3 Å². The van der Waals surface area contributed by atoms with Crippen molar-refractivity contribution in [1.82, 2.24) is 19.9 Å². The Balaban J connectivity index is 1.62. The summed E-state index contributed by atoms with van der Waals surface area (Å²) in [7, 11) is 0. The lowest BCUT2D eigenvalue weighted by Gasteiger charge is -2.30. The maximum Gasteiger partial charge on any atom is 0.143 e. The van der Waals surface area contributed by atoms with E-state index in [4.69, 9.17) is 0 Å². The number of nitrogens with one attached hydrogen (secondary N) is 2. The minimum atomic E-state index is 0.844. The van der Waals surface area contributed by atoms with Crippen molar-refractivity contribution in [3.8, 4) is 0 Å². The van der Waals surface area contributed by atoms with Gasteiger partial charge in [-0.05, 0) is 55.6 Å². The second-order valence-electron chi connectivity index (χ2n) is 6.85. The number of halogens is 1. The molecule has 25 heavy (non-hydrogen) atoms. The second-order valence-corrected chi connectivity index (χ2v) is 7.77. The maximum atomic E-state index is 4.49. The number of aromatic amines is 1. The molecular weight excluding hydrogens is 378 g/mol. The first-order valence-electron chi connectivity index (χ1n) is 8.75. The smallest absolute Gasteiger partial charge is 0.143 e. The van der Waals surface area contributed by atoms with Crippen molar-refractivity contribution in [2.24, 2.45) is 5.92 Å². The first kappa shape index (κ1) is 16.5. The number of benzene rings is 1. The number of H-pyrrole nitrogens is 1. The van der Waals surface area contributed by atoms with Gasteiger partial charge in [-0.15, -0.1) is 0 Å². The normalized spacial score (nSPS) is 16.4. The third-order valence-corrected chi connectivity index (χ3v) is 5.40. The van der Waals surface area contributed by atoms with E-state index in [2.05, 4.69) is 54.2 Å². The highest BCUT2D eigenvalue weighted by atomic mass is 79.9. The van der Waals surface area contributed by atoms with Gasteiger partial charge in [0.2, 0.25) is 0 Å². The van der Waals surface area contributed by atoms with Crippen molar-refractivity contribution in [2.75, 3.05) is 18.4 Å². The lowest BCUT2D eigenvalue weighted by Crippen LogP contribution is -2.32.